The van der Waals surface area contributed by atoms with Gasteiger partial charge in [0, 0.05) is 12.4 Å². The minimum Gasteiger partial charge on any atom is -0.238 e. The Balaban J connectivity index is 2.75. The van der Waals surface area contributed by atoms with Crippen LogP contribution in [0.3, 0.4) is 0 Å². The molecule has 0 unspecified atom stereocenters. The lowest BCUT2D eigenvalue weighted by Gasteiger charge is -2.05. The van der Waals surface area contributed by atoms with Gasteiger partial charge >= 0.3 is 0 Å². The molecule has 0 saturated heterocycles. The monoisotopic (exact) mass is 194 g/mol. The first-order chi connectivity index (χ1) is 7.36. The van der Waals surface area contributed by atoms with Crippen molar-refractivity contribution in [3.8, 4) is 17.8 Å². The molecule has 0 aliphatic heterocycles. The van der Waals surface area contributed by atoms with Crippen LogP contribution >= 0.6 is 0 Å². The summed E-state index contributed by atoms with van der Waals surface area (Å²) in [5.74, 6) is 0. The Morgan fingerprint density at radius 2 is 1.73 bits per heavy atom. The van der Waals surface area contributed by atoms with Crippen LogP contribution in [-0.2, 0) is 0 Å². The van der Waals surface area contributed by atoms with Crippen LogP contribution in [0.5, 0.6) is 0 Å². The van der Waals surface area contributed by atoms with Crippen molar-refractivity contribution in [1.82, 2.24) is 9.78 Å². The molecule has 4 nitrogen and oxygen atoms in total. The summed E-state index contributed by atoms with van der Waals surface area (Å²) in [6.07, 6.45) is 3.31. The minimum absolute atomic E-state index is 0.442. The summed E-state index contributed by atoms with van der Waals surface area (Å²) in [5, 5.41) is 21.9. The highest BCUT2D eigenvalue weighted by Gasteiger charge is 2.09. The molecule has 1 heterocycles. The molecule has 0 bridgehead atoms. The number of rotatable bonds is 1. The molecule has 0 aliphatic carbocycles. The molecule has 0 fully saturated rings. The molecule has 1 aromatic heterocycles. The molecule has 0 atom stereocenters. The van der Waals surface area contributed by atoms with Crippen LogP contribution in [0.4, 0.5) is 0 Å². The predicted molar refractivity (Wildman–Crippen MR) is 53.0 cm³/mol. The van der Waals surface area contributed by atoms with Crippen molar-refractivity contribution in [2.24, 2.45) is 0 Å². The number of hydrogen-bond acceptors (Lipinski definition) is 3. The molecule has 0 aliphatic rings. The highest BCUT2D eigenvalue weighted by atomic mass is 15.3. The number of hydrogen-bond donors (Lipinski definition) is 0. The highest BCUT2D eigenvalue weighted by Crippen LogP contribution is 2.17. The molecule has 0 saturated carbocycles. The second kappa shape index (κ2) is 3.65. The molecule has 0 spiro atoms. The van der Waals surface area contributed by atoms with E-state index in [0.717, 1.165) is 0 Å². The normalized spacial score (nSPS) is 9.20. The van der Waals surface area contributed by atoms with E-state index in [1.54, 1.807) is 36.7 Å². The number of nitriles is 2. The van der Waals surface area contributed by atoms with Crippen LogP contribution < -0.4 is 0 Å². The summed E-state index contributed by atoms with van der Waals surface area (Å²) in [5.41, 5.74) is 1.42. The SMILES string of the molecule is N#Cc1cccc(C#N)c1-n1cccn1. The third-order valence-corrected chi connectivity index (χ3v) is 2.01. The quantitative estimate of drug-likeness (QED) is 0.692. The molecule has 0 N–H and O–H groups in total. The van der Waals surface area contributed by atoms with E-state index in [9.17, 15) is 0 Å². The maximum atomic E-state index is 8.94. The lowest BCUT2D eigenvalue weighted by atomic mass is 10.1. The predicted octanol–water partition coefficient (Wildman–Crippen LogP) is 1.62. The first-order valence-corrected chi connectivity index (χ1v) is 4.30. The summed E-state index contributed by atoms with van der Waals surface area (Å²) >= 11 is 0. The van der Waals surface area contributed by atoms with E-state index in [4.69, 9.17) is 10.5 Å². The third kappa shape index (κ3) is 1.45. The Labute approximate surface area is 86.6 Å². The Bertz CT molecular complexity index is 523. The molecular formula is C11H6N4. The fourth-order valence-corrected chi connectivity index (χ4v) is 1.37. The number of benzene rings is 1. The average molecular weight is 194 g/mol. The third-order valence-electron chi connectivity index (χ3n) is 2.01. The van der Waals surface area contributed by atoms with Gasteiger partial charge in [0.2, 0.25) is 0 Å². The molecule has 0 radical (unpaired) electrons. The first kappa shape index (κ1) is 8.98. The minimum atomic E-state index is 0.442. The zero-order valence-corrected chi connectivity index (χ0v) is 7.75. The summed E-state index contributed by atoms with van der Waals surface area (Å²) in [6, 6.07) is 10.9. The number of aromatic nitrogens is 2. The highest BCUT2D eigenvalue weighted by molar-refractivity contribution is 5.58. The smallest absolute Gasteiger partial charge is 0.101 e. The Kier molecular flexibility index (Phi) is 2.19. The molecule has 1 aromatic carbocycles. The molecule has 0 amide bonds. The van der Waals surface area contributed by atoms with Crippen LogP contribution in [-0.4, -0.2) is 9.78 Å². The van der Waals surface area contributed by atoms with Crippen molar-refractivity contribution in [2.75, 3.05) is 0 Å². The molecule has 4 heteroatoms. The van der Waals surface area contributed by atoms with E-state index < -0.39 is 0 Å². The van der Waals surface area contributed by atoms with Gasteiger partial charge in [0.15, 0.2) is 0 Å². The van der Waals surface area contributed by atoms with Gasteiger partial charge < -0.3 is 0 Å². The van der Waals surface area contributed by atoms with Gasteiger partial charge in [-0.15, -0.1) is 0 Å². The van der Waals surface area contributed by atoms with Gasteiger partial charge in [0.1, 0.15) is 17.8 Å². The maximum Gasteiger partial charge on any atom is 0.101 e. The van der Waals surface area contributed by atoms with Gasteiger partial charge in [-0.2, -0.15) is 15.6 Å². The summed E-state index contributed by atoms with van der Waals surface area (Å²) < 4.78 is 1.52. The zero-order chi connectivity index (χ0) is 10.7. The topological polar surface area (TPSA) is 65.4 Å². The zero-order valence-electron chi connectivity index (χ0n) is 7.75. The van der Waals surface area contributed by atoms with E-state index in [-0.39, 0.29) is 0 Å². The van der Waals surface area contributed by atoms with Crippen LogP contribution in [0.1, 0.15) is 11.1 Å². The van der Waals surface area contributed by atoms with Gasteiger partial charge in [0.05, 0.1) is 11.1 Å². The molecular weight excluding hydrogens is 188 g/mol. The van der Waals surface area contributed by atoms with E-state index in [2.05, 4.69) is 5.10 Å². The average Bonchev–Trinajstić information content (AvgIpc) is 2.81. The molecule has 2 rings (SSSR count). The largest absolute Gasteiger partial charge is 0.238 e. The first-order valence-electron chi connectivity index (χ1n) is 4.30. The Hall–Kier alpha value is -2.59. The summed E-state index contributed by atoms with van der Waals surface area (Å²) in [4.78, 5) is 0. The van der Waals surface area contributed by atoms with Crippen molar-refractivity contribution in [2.45, 2.75) is 0 Å². The van der Waals surface area contributed by atoms with E-state index in [0.29, 0.717) is 16.8 Å². The van der Waals surface area contributed by atoms with Gasteiger partial charge in [-0.3, -0.25) is 0 Å². The second-order valence-corrected chi connectivity index (χ2v) is 2.88. The van der Waals surface area contributed by atoms with Gasteiger partial charge in [-0.1, -0.05) is 6.07 Å². The van der Waals surface area contributed by atoms with Gasteiger partial charge in [-0.05, 0) is 18.2 Å². The van der Waals surface area contributed by atoms with Crippen LogP contribution in [0.2, 0.25) is 0 Å². The Morgan fingerprint density at radius 3 is 2.20 bits per heavy atom. The molecule has 70 valence electrons. The van der Waals surface area contributed by atoms with E-state index in [1.165, 1.54) is 4.68 Å². The van der Waals surface area contributed by atoms with Crippen molar-refractivity contribution >= 4 is 0 Å². The lowest BCUT2D eigenvalue weighted by molar-refractivity contribution is 0.874. The van der Waals surface area contributed by atoms with Crippen molar-refractivity contribution in [1.29, 1.82) is 10.5 Å². The number of para-hydroxylation sites is 1. The summed E-state index contributed by atoms with van der Waals surface area (Å²) in [6.45, 7) is 0. The maximum absolute atomic E-state index is 8.94. The van der Waals surface area contributed by atoms with Crippen molar-refractivity contribution in [3.05, 3.63) is 47.8 Å². The van der Waals surface area contributed by atoms with Gasteiger partial charge in [0.25, 0.3) is 0 Å². The van der Waals surface area contributed by atoms with Crippen LogP contribution in [0.25, 0.3) is 5.69 Å². The summed E-state index contributed by atoms with van der Waals surface area (Å²) in [7, 11) is 0. The van der Waals surface area contributed by atoms with Crippen LogP contribution in [0, 0.1) is 22.7 Å². The van der Waals surface area contributed by atoms with Crippen molar-refractivity contribution < 1.29 is 0 Å². The Morgan fingerprint density at radius 1 is 1.07 bits per heavy atom. The van der Waals surface area contributed by atoms with Crippen molar-refractivity contribution in [3.63, 3.8) is 0 Å². The second-order valence-electron chi connectivity index (χ2n) is 2.88. The van der Waals surface area contributed by atoms with E-state index in [1.807, 2.05) is 12.1 Å². The van der Waals surface area contributed by atoms with Crippen LogP contribution in [0.15, 0.2) is 36.7 Å². The standard InChI is InChI=1S/C11H6N4/c12-7-9-3-1-4-10(8-13)11(9)15-6-2-5-14-15/h1-6H. The molecule has 2 aromatic rings. The van der Waals surface area contributed by atoms with Gasteiger partial charge in [-0.25, -0.2) is 4.68 Å². The fraction of sp³-hybridized carbons (Fsp3) is 0. The fourth-order valence-electron chi connectivity index (χ4n) is 1.37. The number of nitrogens with zero attached hydrogens (tertiary/aromatic N) is 4. The molecule has 15 heavy (non-hydrogen) atoms. The lowest BCUT2D eigenvalue weighted by Crippen LogP contribution is -2.01. The van der Waals surface area contributed by atoms with E-state index >= 15 is 0 Å².